The summed E-state index contributed by atoms with van der Waals surface area (Å²) in [4.78, 5) is 30.4. The predicted molar refractivity (Wildman–Crippen MR) is 160 cm³/mol. The quantitative estimate of drug-likeness (QED) is 0.166. The van der Waals surface area contributed by atoms with Crippen LogP contribution in [-0.2, 0) is 25.5 Å². The van der Waals surface area contributed by atoms with Crippen LogP contribution in [0.1, 0.15) is 40.2 Å². The zero-order valence-corrected chi connectivity index (χ0v) is 22.9. The average molecular weight is 556 g/mol. The summed E-state index contributed by atoms with van der Waals surface area (Å²) < 4.78 is 6.21. The van der Waals surface area contributed by atoms with Crippen molar-refractivity contribution < 1.29 is 14.3 Å². The molecule has 0 aromatic heterocycles. The first-order chi connectivity index (χ1) is 20.1. The first kappa shape index (κ1) is 25.3. The maximum absolute atomic E-state index is 15.4. The topological polar surface area (TPSA) is 46.6 Å². The van der Waals surface area contributed by atoms with Gasteiger partial charge in [0.05, 0.1) is 12.1 Å². The van der Waals surface area contributed by atoms with Crippen LogP contribution in [0, 0.1) is 0 Å². The number of fused-ring (bicyclic) bond motifs is 2. The van der Waals surface area contributed by atoms with Gasteiger partial charge in [0.25, 0.3) is 5.91 Å². The zero-order valence-electron chi connectivity index (χ0n) is 22.1. The van der Waals surface area contributed by atoms with E-state index in [0.717, 1.165) is 22.3 Å². The van der Waals surface area contributed by atoms with Crippen molar-refractivity contribution in [1.82, 2.24) is 0 Å². The molecule has 5 aromatic rings. The Morgan fingerprint density at radius 3 is 1.68 bits per heavy atom. The minimum atomic E-state index is -1.57. The van der Waals surface area contributed by atoms with Crippen LogP contribution in [0.4, 0.5) is 5.69 Å². The number of carbonyl (C=O) groups excluding carboxylic acids is 2. The number of nitrogens with zero attached hydrogens (tertiary/aromatic N) is 1. The van der Waals surface area contributed by atoms with Crippen LogP contribution in [0.2, 0.25) is 5.02 Å². The van der Waals surface area contributed by atoms with E-state index in [1.165, 1.54) is 0 Å². The van der Waals surface area contributed by atoms with Gasteiger partial charge in [0.2, 0.25) is 5.60 Å². The van der Waals surface area contributed by atoms with Gasteiger partial charge in [0, 0.05) is 16.5 Å². The monoisotopic (exact) mass is 555 g/mol. The van der Waals surface area contributed by atoms with Crippen molar-refractivity contribution in [2.24, 2.45) is 0 Å². The van der Waals surface area contributed by atoms with Crippen LogP contribution in [0.15, 0.2) is 140 Å². The molecule has 0 unspecified atom stereocenters. The second kappa shape index (κ2) is 9.76. The van der Waals surface area contributed by atoms with E-state index in [0.29, 0.717) is 16.3 Å². The Labute approximate surface area is 243 Å². The molecule has 41 heavy (non-hydrogen) atoms. The molecule has 0 bridgehead atoms. The predicted octanol–water partition coefficient (Wildman–Crippen LogP) is 7.60. The molecular weight excluding hydrogens is 530 g/mol. The highest BCUT2D eigenvalue weighted by Gasteiger charge is 2.66. The molecule has 5 aromatic carbocycles. The van der Waals surface area contributed by atoms with Gasteiger partial charge in [-0.1, -0.05) is 133 Å². The van der Waals surface area contributed by atoms with E-state index < -0.39 is 23.0 Å². The van der Waals surface area contributed by atoms with Crippen LogP contribution in [-0.4, -0.2) is 11.9 Å². The molecule has 1 amide bonds. The Hall–Kier alpha value is -4.67. The van der Waals surface area contributed by atoms with Crippen molar-refractivity contribution in [3.8, 4) is 0 Å². The molecule has 0 N–H and O–H groups in total. The molecule has 2 aliphatic heterocycles. The van der Waals surface area contributed by atoms with Crippen molar-refractivity contribution in [2.45, 2.75) is 23.5 Å². The summed E-state index contributed by atoms with van der Waals surface area (Å²) >= 11 is 6.61. The summed E-state index contributed by atoms with van der Waals surface area (Å²) in [5.74, 6) is -1.23. The lowest BCUT2D eigenvalue weighted by Gasteiger charge is -2.44. The van der Waals surface area contributed by atoms with Gasteiger partial charge in [-0.25, -0.2) is 0 Å². The Morgan fingerprint density at radius 2 is 1.17 bits per heavy atom. The number of hydrogen-bond acceptors (Lipinski definition) is 3. The molecule has 5 heteroatoms. The lowest BCUT2D eigenvalue weighted by molar-refractivity contribution is -0.158. The Balaban J connectivity index is 1.59. The lowest BCUT2D eigenvalue weighted by Crippen LogP contribution is -2.54. The van der Waals surface area contributed by atoms with Crippen LogP contribution in [0.5, 0.6) is 0 Å². The minimum Gasteiger partial charge on any atom is -0.443 e. The fourth-order valence-electron chi connectivity index (χ4n) is 6.73. The van der Waals surface area contributed by atoms with Crippen LogP contribution in [0.25, 0.3) is 0 Å². The molecule has 7 rings (SSSR count). The molecule has 0 saturated carbocycles. The van der Waals surface area contributed by atoms with E-state index in [4.69, 9.17) is 16.3 Å². The third-order valence-corrected chi connectivity index (χ3v) is 8.60. The summed E-state index contributed by atoms with van der Waals surface area (Å²) in [7, 11) is 0. The highest BCUT2D eigenvalue weighted by atomic mass is 35.5. The van der Waals surface area contributed by atoms with Gasteiger partial charge < -0.3 is 4.74 Å². The Kier molecular flexibility index (Phi) is 6.02. The SMILES string of the molecule is O=C1C[C@@H](c2ccccc2)[C@]2(O1)C(=O)N(C(c1ccccc1)(c1ccccc1)c1ccccc1)c1ccc(Cl)cc12. The third-order valence-electron chi connectivity index (χ3n) is 8.37. The van der Waals surface area contributed by atoms with Gasteiger partial charge in [-0.2, -0.15) is 0 Å². The molecule has 1 spiro atoms. The van der Waals surface area contributed by atoms with Crippen LogP contribution >= 0.6 is 11.6 Å². The number of ether oxygens (including phenoxy) is 1. The maximum Gasteiger partial charge on any atom is 0.308 e. The molecular formula is C36H26ClNO3. The van der Waals surface area contributed by atoms with Crippen LogP contribution in [0.3, 0.4) is 0 Å². The standard InChI is InChI=1S/C36H26ClNO3/c37-29-21-22-32-31(23-29)36(30(24-33(39)41-36)25-13-5-1-6-14-25)34(40)38(32)35(26-15-7-2-8-16-26,27-17-9-3-10-18-27)28-19-11-4-12-20-28/h1-23,30H,24H2/t30-,36+/m0/s1. The van der Waals surface area contributed by atoms with Gasteiger partial charge >= 0.3 is 5.97 Å². The van der Waals surface area contributed by atoms with Crippen molar-refractivity contribution >= 4 is 29.2 Å². The van der Waals surface area contributed by atoms with Gasteiger partial charge in [0.15, 0.2) is 0 Å². The number of halogens is 1. The number of amides is 1. The van der Waals surface area contributed by atoms with E-state index >= 15 is 4.79 Å². The van der Waals surface area contributed by atoms with E-state index in [2.05, 4.69) is 0 Å². The van der Waals surface area contributed by atoms with Gasteiger partial charge in [-0.15, -0.1) is 0 Å². The second-order valence-corrected chi connectivity index (χ2v) is 10.9. The number of carbonyl (C=O) groups is 2. The number of rotatable bonds is 5. The summed E-state index contributed by atoms with van der Waals surface area (Å²) in [6.45, 7) is 0. The molecule has 2 atom stereocenters. The van der Waals surface area contributed by atoms with E-state index in [-0.39, 0.29) is 12.3 Å². The zero-order chi connectivity index (χ0) is 28.0. The summed E-state index contributed by atoms with van der Waals surface area (Å²) in [5, 5.41) is 0.470. The molecule has 4 nitrogen and oxygen atoms in total. The molecule has 200 valence electrons. The first-order valence-electron chi connectivity index (χ1n) is 13.6. The normalized spacial score (nSPS) is 19.8. The average Bonchev–Trinajstić information content (AvgIpc) is 3.50. The van der Waals surface area contributed by atoms with E-state index in [9.17, 15) is 4.79 Å². The molecule has 1 saturated heterocycles. The minimum absolute atomic E-state index is 0.0879. The Bertz CT molecular complexity index is 1650. The maximum atomic E-state index is 15.4. The number of hydrogen-bond donors (Lipinski definition) is 0. The lowest BCUT2D eigenvalue weighted by atomic mass is 9.74. The van der Waals surface area contributed by atoms with Gasteiger partial charge in [0.1, 0.15) is 5.54 Å². The van der Waals surface area contributed by atoms with Crippen molar-refractivity contribution in [3.63, 3.8) is 0 Å². The molecule has 0 aliphatic carbocycles. The molecule has 2 heterocycles. The highest BCUT2D eigenvalue weighted by Crippen LogP contribution is 2.60. The largest absolute Gasteiger partial charge is 0.443 e. The van der Waals surface area contributed by atoms with E-state index in [1.807, 2.05) is 132 Å². The number of benzene rings is 5. The smallest absolute Gasteiger partial charge is 0.308 e. The third kappa shape index (κ3) is 3.68. The summed E-state index contributed by atoms with van der Waals surface area (Å²) in [6, 6.07) is 45.2. The first-order valence-corrected chi connectivity index (χ1v) is 14.0. The summed E-state index contributed by atoms with van der Waals surface area (Å²) in [5.41, 5.74) is 2.20. The van der Waals surface area contributed by atoms with Crippen molar-refractivity contribution in [1.29, 1.82) is 0 Å². The number of esters is 1. The van der Waals surface area contributed by atoms with Gasteiger partial charge in [-0.05, 0) is 40.5 Å². The molecule has 2 aliphatic rings. The Morgan fingerprint density at radius 1 is 0.683 bits per heavy atom. The summed E-state index contributed by atoms with van der Waals surface area (Å²) in [6.07, 6.45) is 0.0879. The second-order valence-electron chi connectivity index (χ2n) is 10.5. The fraction of sp³-hybridized carbons (Fsp3) is 0.111. The van der Waals surface area contributed by atoms with E-state index in [1.54, 1.807) is 12.1 Å². The number of anilines is 1. The molecule has 0 radical (unpaired) electrons. The van der Waals surface area contributed by atoms with Crippen molar-refractivity contribution in [3.05, 3.63) is 172 Å². The fourth-order valence-corrected chi connectivity index (χ4v) is 6.90. The molecule has 1 fully saturated rings. The van der Waals surface area contributed by atoms with Crippen molar-refractivity contribution in [2.75, 3.05) is 4.90 Å². The highest BCUT2D eigenvalue weighted by molar-refractivity contribution is 6.31. The van der Waals surface area contributed by atoms with Gasteiger partial charge in [-0.3, -0.25) is 14.5 Å². The van der Waals surface area contributed by atoms with Crippen LogP contribution < -0.4 is 4.90 Å².